The summed E-state index contributed by atoms with van der Waals surface area (Å²) in [4.78, 5) is 4.47. The molecule has 17 heavy (non-hydrogen) atoms. The van der Waals surface area contributed by atoms with Crippen LogP contribution in [-0.2, 0) is 4.74 Å². The summed E-state index contributed by atoms with van der Waals surface area (Å²) in [5.41, 5.74) is 6.51. The summed E-state index contributed by atoms with van der Waals surface area (Å²) in [6.45, 7) is 8.58. The van der Waals surface area contributed by atoms with Crippen LogP contribution in [0, 0.1) is 0 Å². The van der Waals surface area contributed by atoms with Crippen molar-refractivity contribution in [3.05, 3.63) is 23.7 Å². The number of hydrogen-bond acceptors (Lipinski definition) is 5. The van der Waals surface area contributed by atoms with Gasteiger partial charge in [0.1, 0.15) is 17.8 Å². The molecule has 2 heterocycles. The first kappa shape index (κ1) is 13.6. The third-order valence-corrected chi connectivity index (χ3v) is 2.54. The van der Waals surface area contributed by atoms with Crippen LogP contribution in [0.15, 0.2) is 28.7 Å². The van der Waals surface area contributed by atoms with Gasteiger partial charge in [-0.1, -0.05) is 13.8 Å². The summed E-state index contributed by atoms with van der Waals surface area (Å²) in [5, 5.41) is 3.95. The van der Waals surface area contributed by atoms with E-state index in [1.165, 1.54) is 0 Å². The predicted molar refractivity (Wildman–Crippen MR) is 69.8 cm³/mol. The Morgan fingerprint density at radius 1 is 1.47 bits per heavy atom. The van der Waals surface area contributed by atoms with Crippen LogP contribution in [0.4, 0.5) is 0 Å². The van der Waals surface area contributed by atoms with Gasteiger partial charge in [0.05, 0.1) is 18.5 Å². The van der Waals surface area contributed by atoms with Crippen LogP contribution in [-0.4, -0.2) is 35.7 Å². The number of rotatable bonds is 2. The van der Waals surface area contributed by atoms with Crippen LogP contribution in [0.1, 0.15) is 27.7 Å². The summed E-state index contributed by atoms with van der Waals surface area (Å²) < 4.78 is 5.42. The van der Waals surface area contributed by atoms with Crippen molar-refractivity contribution < 1.29 is 4.74 Å². The molecule has 0 radical (unpaired) electrons. The minimum Gasteiger partial charge on any atom is -0.492 e. The summed E-state index contributed by atoms with van der Waals surface area (Å²) in [6, 6.07) is 0. The number of aliphatic imine (C=N–C) groups is 1. The van der Waals surface area contributed by atoms with Gasteiger partial charge in [0.25, 0.3) is 0 Å². The van der Waals surface area contributed by atoms with Gasteiger partial charge in [-0.3, -0.25) is 5.01 Å². The Morgan fingerprint density at radius 3 is 2.71 bits per heavy atom. The lowest BCUT2D eigenvalue weighted by Crippen LogP contribution is -2.39. The quantitative estimate of drug-likeness (QED) is 0.795. The maximum atomic E-state index is 5.87. The largest absolute Gasteiger partial charge is 0.492 e. The predicted octanol–water partition coefficient (Wildman–Crippen LogP) is 1.65. The molecule has 96 valence electrons. The van der Waals surface area contributed by atoms with Crippen molar-refractivity contribution in [2.24, 2.45) is 10.7 Å². The fraction of sp³-hybridized carbons (Fsp3) is 0.583. The number of hydrogen-bond donors (Lipinski definition) is 1. The highest BCUT2D eigenvalue weighted by Gasteiger charge is 2.29. The van der Waals surface area contributed by atoms with Crippen LogP contribution in [0.25, 0.3) is 0 Å². The Bertz CT molecular complexity index is 360. The zero-order valence-corrected chi connectivity index (χ0v) is 11.3. The molecule has 2 aliphatic rings. The number of nitrogens with two attached hydrogens (primary N) is 1. The normalized spacial score (nSPS) is 23.0. The molecule has 0 aromatic rings. The third kappa shape index (κ3) is 2.61. The molecule has 0 saturated heterocycles. The summed E-state index contributed by atoms with van der Waals surface area (Å²) >= 11 is 0. The zero-order chi connectivity index (χ0) is 13.0. The van der Waals surface area contributed by atoms with Crippen LogP contribution in [0.2, 0.25) is 0 Å². The maximum Gasteiger partial charge on any atom is 0.147 e. The monoisotopic (exact) mass is 238 g/mol. The zero-order valence-electron chi connectivity index (χ0n) is 11.3. The second-order valence-corrected chi connectivity index (χ2v) is 3.56. The Labute approximate surface area is 103 Å². The van der Waals surface area contributed by atoms with Gasteiger partial charge in [0.15, 0.2) is 0 Å². The van der Waals surface area contributed by atoms with Gasteiger partial charge in [0, 0.05) is 13.1 Å². The first-order chi connectivity index (χ1) is 8.13. The average Bonchev–Trinajstić information content (AvgIpc) is 2.59. The van der Waals surface area contributed by atoms with E-state index >= 15 is 0 Å². The molecular formula is C12H22N4O. The third-order valence-electron chi connectivity index (χ3n) is 2.54. The van der Waals surface area contributed by atoms with Crippen molar-refractivity contribution in [2.45, 2.75) is 33.9 Å². The number of nitrogens with zero attached hydrogens (tertiary/aromatic N) is 3. The summed E-state index contributed by atoms with van der Waals surface area (Å²) in [5.74, 6) is 1.58. The van der Waals surface area contributed by atoms with E-state index in [2.05, 4.69) is 4.99 Å². The summed E-state index contributed by atoms with van der Waals surface area (Å²) in [6.07, 6.45) is 3.85. The van der Waals surface area contributed by atoms with Gasteiger partial charge in [0.2, 0.25) is 0 Å². The van der Waals surface area contributed by atoms with E-state index in [4.69, 9.17) is 10.5 Å². The van der Waals surface area contributed by atoms with Gasteiger partial charge < -0.3 is 10.5 Å². The first-order valence-corrected chi connectivity index (χ1v) is 6.05. The number of ether oxygens (including phenoxy) is 1. The molecule has 0 aromatic heterocycles. The molecule has 0 saturated carbocycles. The minimum atomic E-state index is 0.140. The van der Waals surface area contributed by atoms with Gasteiger partial charge in [-0.05, 0) is 13.8 Å². The topological polar surface area (TPSA) is 54.1 Å². The molecule has 5 heteroatoms. The van der Waals surface area contributed by atoms with Crippen molar-refractivity contribution in [1.29, 1.82) is 0 Å². The lowest BCUT2D eigenvalue weighted by molar-refractivity contribution is 0.109. The fourth-order valence-electron chi connectivity index (χ4n) is 1.61. The smallest absolute Gasteiger partial charge is 0.147 e. The molecular weight excluding hydrogens is 216 g/mol. The lowest BCUT2D eigenvalue weighted by Gasteiger charge is -2.28. The van der Waals surface area contributed by atoms with Crippen LogP contribution >= 0.6 is 0 Å². The van der Waals surface area contributed by atoms with Crippen molar-refractivity contribution in [1.82, 2.24) is 10.0 Å². The van der Waals surface area contributed by atoms with Crippen molar-refractivity contribution >= 4 is 5.84 Å². The van der Waals surface area contributed by atoms with E-state index in [-0.39, 0.29) is 6.17 Å². The van der Waals surface area contributed by atoms with E-state index in [1.807, 2.05) is 57.0 Å². The van der Waals surface area contributed by atoms with Gasteiger partial charge >= 0.3 is 0 Å². The number of amidine groups is 1. The first-order valence-electron chi connectivity index (χ1n) is 6.05. The van der Waals surface area contributed by atoms with Gasteiger partial charge in [-0.2, -0.15) is 5.01 Å². The van der Waals surface area contributed by atoms with Crippen LogP contribution in [0.3, 0.4) is 0 Å². The molecule has 5 nitrogen and oxygen atoms in total. The average molecular weight is 238 g/mol. The molecule has 0 spiro atoms. The number of fused-ring (bicyclic) bond motifs is 1. The van der Waals surface area contributed by atoms with E-state index in [0.29, 0.717) is 18.1 Å². The molecule has 2 N–H and O–H groups in total. The number of hydrazine groups is 1. The highest BCUT2D eigenvalue weighted by atomic mass is 16.5. The van der Waals surface area contributed by atoms with E-state index in [9.17, 15) is 0 Å². The van der Waals surface area contributed by atoms with Gasteiger partial charge in [-0.15, -0.1) is 0 Å². The molecule has 0 aromatic carbocycles. The molecule has 1 atom stereocenters. The second-order valence-electron chi connectivity index (χ2n) is 3.56. The SMILES string of the molecule is CC.CCOC1=CC2=NC(C)N(C)N2C=C1N. The summed E-state index contributed by atoms with van der Waals surface area (Å²) in [7, 11) is 1.98. The molecule has 1 unspecified atom stereocenters. The maximum absolute atomic E-state index is 5.87. The lowest BCUT2D eigenvalue weighted by atomic mass is 10.3. The molecule has 2 aliphatic heterocycles. The van der Waals surface area contributed by atoms with E-state index in [1.54, 1.807) is 0 Å². The molecule has 0 fully saturated rings. The van der Waals surface area contributed by atoms with Crippen LogP contribution in [0.5, 0.6) is 0 Å². The standard InChI is InChI=1S/C10H16N4O.C2H6/c1-4-15-9-5-10-12-7(2)13(3)14(10)6-8(9)11;1-2/h5-7H,4,11H2,1-3H3;1-2H3. The molecule has 0 amide bonds. The van der Waals surface area contributed by atoms with Crippen molar-refractivity contribution in [3.63, 3.8) is 0 Å². The van der Waals surface area contributed by atoms with Crippen molar-refractivity contribution in [2.75, 3.05) is 13.7 Å². The fourth-order valence-corrected chi connectivity index (χ4v) is 1.61. The molecule has 0 bridgehead atoms. The highest BCUT2D eigenvalue weighted by molar-refractivity contribution is 5.96. The van der Waals surface area contributed by atoms with E-state index in [0.717, 1.165) is 5.84 Å². The Hall–Kier alpha value is -1.49. The second kappa shape index (κ2) is 5.72. The van der Waals surface area contributed by atoms with Gasteiger partial charge in [-0.25, -0.2) is 4.99 Å². The van der Waals surface area contributed by atoms with E-state index < -0.39 is 0 Å². The highest BCUT2D eigenvalue weighted by Crippen LogP contribution is 2.22. The Kier molecular flexibility index (Phi) is 4.57. The van der Waals surface area contributed by atoms with Crippen molar-refractivity contribution in [3.8, 4) is 0 Å². The minimum absolute atomic E-state index is 0.140. The Balaban J connectivity index is 0.000000686. The van der Waals surface area contributed by atoms with Crippen LogP contribution < -0.4 is 5.73 Å². The molecule has 2 rings (SSSR count). The Morgan fingerprint density at radius 2 is 2.12 bits per heavy atom. The molecule has 0 aliphatic carbocycles.